The van der Waals surface area contributed by atoms with Crippen LogP contribution in [0.3, 0.4) is 0 Å². The Balaban J connectivity index is 1.80. The minimum Gasteiger partial charge on any atom is -0.462 e. The number of H-pyrrole nitrogens is 1. The van der Waals surface area contributed by atoms with Crippen molar-refractivity contribution >= 4 is 35.7 Å². The van der Waals surface area contributed by atoms with Crippen LogP contribution in [0.4, 0.5) is 0 Å². The molecule has 6 atom stereocenters. The molecule has 2 heterocycles. The summed E-state index contributed by atoms with van der Waals surface area (Å²) in [6, 6.07) is 8.95. The third kappa shape index (κ3) is 6.89. The maximum Gasteiger partial charge on any atom is 0.332 e. The average Bonchev–Trinajstić information content (AvgIpc) is 3.01. The van der Waals surface area contributed by atoms with Crippen molar-refractivity contribution in [3.05, 3.63) is 63.4 Å². The lowest BCUT2D eigenvalue weighted by Gasteiger charge is -2.26. The topological polar surface area (TPSA) is 149 Å². The van der Waals surface area contributed by atoms with Gasteiger partial charge in [-0.3, -0.25) is 23.7 Å². The van der Waals surface area contributed by atoms with Crippen molar-refractivity contribution < 1.29 is 28.5 Å². The molecule has 3 rings (SSSR count). The Kier molecular flexibility index (Phi) is 9.26. The van der Waals surface area contributed by atoms with Crippen molar-refractivity contribution in [2.75, 3.05) is 6.61 Å². The summed E-state index contributed by atoms with van der Waals surface area (Å²) in [7, 11) is 0. The van der Waals surface area contributed by atoms with Gasteiger partial charge in [0.05, 0.1) is 12.7 Å². The lowest BCUT2D eigenvalue weighted by atomic mass is 10.0. The summed E-state index contributed by atoms with van der Waals surface area (Å²) in [6.07, 6.45) is -2.72. The zero-order valence-corrected chi connectivity index (χ0v) is 22.6. The first-order valence-electron chi connectivity index (χ1n) is 11.1. The number of halogens is 1. The van der Waals surface area contributed by atoms with Gasteiger partial charge in [0.2, 0.25) is 0 Å². The van der Waals surface area contributed by atoms with Gasteiger partial charge in [0.1, 0.15) is 23.1 Å². The Morgan fingerprint density at radius 1 is 1.31 bits per heavy atom. The summed E-state index contributed by atoms with van der Waals surface area (Å²) >= 11 is 7.44. The Hall–Kier alpha value is -1.92. The fraction of sp³-hybridized carbons (Fsp3) is 0.500. The normalized spacial score (nSPS) is 26.5. The molecule has 0 bridgehead atoms. The zero-order valence-electron chi connectivity index (χ0n) is 20.1. The number of nitrogens with one attached hydrogen (secondary N) is 2. The predicted octanol–water partition coefficient (Wildman–Crippen LogP) is 2.64. The third-order valence-corrected chi connectivity index (χ3v) is 9.57. The van der Waals surface area contributed by atoms with Gasteiger partial charge in [0.15, 0.2) is 6.23 Å². The summed E-state index contributed by atoms with van der Waals surface area (Å²) in [5.41, 5.74) is -1.36. The molecule has 1 aliphatic heterocycles. The van der Waals surface area contributed by atoms with Crippen molar-refractivity contribution in [3.63, 3.8) is 0 Å². The standard InChI is InChI=1S/C22H29ClN3O8PS/c1-13(2)33-19(29)14(3)25-35(31,36-15-8-6-5-7-9-15)32-12-16-18(28)22(4,23)20(34-16)26-11-10-17(27)24-21(26)30/h5-11,13-14,16,18,20,28H,12H2,1-4H3,(H,25,31)(H,24,27,30)/t14-,16+,18+,20+,22+,35+/m0/s1. The molecule has 0 spiro atoms. The second-order valence-electron chi connectivity index (χ2n) is 8.67. The Labute approximate surface area is 216 Å². The Morgan fingerprint density at radius 2 is 1.97 bits per heavy atom. The largest absolute Gasteiger partial charge is 0.462 e. The van der Waals surface area contributed by atoms with E-state index in [1.165, 1.54) is 20.0 Å². The predicted molar refractivity (Wildman–Crippen MR) is 135 cm³/mol. The van der Waals surface area contributed by atoms with E-state index in [1.807, 2.05) is 0 Å². The molecule has 198 valence electrons. The molecular formula is C22H29ClN3O8PS. The van der Waals surface area contributed by atoms with Gasteiger partial charge in [-0.15, -0.1) is 11.6 Å². The van der Waals surface area contributed by atoms with Crippen LogP contribution in [0.25, 0.3) is 0 Å². The highest BCUT2D eigenvalue weighted by molar-refractivity contribution is 8.56. The van der Waals surface area contributed by atoms with Crippen molar-refractivity contribution in [1.29, 1.82) is 0 Å². The molecule has 2 aromatic rings. The van der Waals surface area contributed by atoms with E-state index in [4.69, 9.17) is 25.6 Å². The molecule has 0 unspecified atom stereocenters. The van der Waals surface area contributed by atoms with Gasteiger partial charge in [-0.1, -0.05) is 18.2 Å². The Bertz CT molecular complexity index is 1220. The van der Waals surface area contributed by atoms with Crippen LogP contribution in [0, 0.1) is 0 Å². The summed E-state index contributed by atoms with van der Waals surface area (Å²) in [6.45, 7) is 2.19. The lowest BCUT2D eigenvalue weighted by Crippen LogP contribution is -2.43. The van der Waals surface area contributed by atoms with Gasteiger partial charge in [0, 0.05) is 17.2 Å². The monoisotopic (exact) mass is 561 g/mol. The molecule has 1 saturated heterocycles. The highest BCUT2D eigenvalue weighted by atomic mass is 35.5. The van der Waals surface area contributed by atoms with Gasteiger partial charge in [-0.25, -0.2) is 9.88 Å². The number of nitrogens with zero attached hydrogens (tertiary/aromatic N) is 1. The quantitative estimate of drug-likeness (QED) is 0.224. The van der Waals surface area contributed by atoms with E-state index in [1.54, 1.807) is 44.2 Å². The highest BCUT2D eigenvalue weighted by Gasteiger charge is 2.54. The molecule has 14 heteroatoms. The van der Waals surface area contributed by atoms with E-state index in [-0.39, 0.29) is 12.7 Å². The fourth-order valence-corrected chi connectivity index (χ4v) is 7.60. The zero-order chi connectivity index (χ0) is 26.7. The number of aromatic amines is 1. The van der Waals surface area contributed by atoms with Crippen LogP contribution in [-0.2, 0) is 23.4 Å². The smallest absolute Gasteiger partial charge is 0.332 e. The minimum absolute atomic E-state index is 0.361. The average molecular weight is 562 g/mol. The number of benzene rings is 1. The molecule has 11 nitrogen and oxygen atoms in total. The molecule has 0 aliphatic carbocycles. The first-order chi connectivity index (χ1) is 16.8. The number of aliphatic hydroxyl groups is 1. The molecular weight excluding hydrogens is 533 g/mol. The van der Waals surface area contributed by atoms with E-state index in [0.29, 0.717) is 4.90 Å². The highest BCUT2D eigenvalue weighted by Crippen LogP contribution is 2.60. The number of carbonyl (C=O) groups excluding carboxylic acids is 1. The maximum absolute atomic E-state index is 13.8. The van der Waals surface area contributed by atoms with Crippen LogP contribution in [0.15, 0.2) is 57.1 Å². The van der Waals surface area contributed by atoms with Crippen LogP contribution in [0.1, 0.15) is 33.9 Å². The summed E-state index contributed by atoms with van der Waals surface area (Å²) in [4.78, 5) is 37.3. The van der Waals surface area contributed by atoms with Crippen LogP contribution >= 0.6 is 29.7 Å². The van der Waals surface area contributed by atoms with Gasteiger partial charge >= 0.3 is 18.4 Å². The van der Waals surface area contributed by atoms with E-state index < -0.39 is 53.3 Å². The van der Waals surface area contributed by atoms with E-state index >= 15 is 0 Å². The fourth-order valence-electron chi connectivity index (χ4n) is 3.47. The summed E-state index contributed by atoms with van der Waals surface area (Å²) in [5, 5.41) is 13.6. The third-order valence-electron chi connectivity index (χ3n) is 5.26. The SMILES string of the molecule is CC(C)OC(=O)[C@H](C)N[P@@](=O)(OC[C@H]1O[C@@H](n2ccc(=O)[nH]c2=O)[C@](C)(Cl)[C@@H]1O)Sc1ccccc1. The second-order valence-corrected chi connectivity index (χ2v) is 13.6. The molecule has 1 aromatic carbocycles. The van der Waals surface area contributed by atoms with E-state index in [9.17, 15) is 24.1 Å². The van der Waals surface area contributed by atoms with Crippen molar-refractivity contribution in [2.24, 2.45) is 0 Å². The number of hydrogen-bond donors (Lipinski definition) is 3. The number of hydrogen-bond acceptors (Lipinski definition) is 9. The first-order valence-corrected chi connectivity index (χ1v) is 14.6. The molecule has 0 saturated carbocycles. The van der Waals surface area contributed by atoms with Crippen LogP contribution in [0.2, 0.25) is 0 Å². The molecule has 1 aliphatic rings. The Morgan fingerprint density at radius 3 is 2.58 bits per heavy atom. The second kappa shape index (κ2) is 11.6. The summed E-state index contributed by atoms with van der Waals surface area (Å²) in [5.74, 6) is -0.606. The summed E-state index contributed by atoms with van der Waals surface area (Å²) < 4.78 is 31.6. The number of esters is 1. The van der Waals surface area contributed by atoms with Crippen LogP contribution in [0.5, 0.6) is 0 Å². The van der Waals surface area contributed by atoms with Crippen molar-refractivity contribution in [2.45, 2.75) is 68.0 Å². The number of carbonyl (C=O) groups is 1. The number of rotatable bonds is 10. The van der Waals surface area contributed by atoms with Crippen LogP contribution in [-0.4, -0.2) is 56.5 Å². The first kappa shape index (κ1) is 28.6. The van der Waals surface area contributed by atoms with Gasteiger partial charge in [-0.05, 0) is 51.2 Å². The maximum atomic E-state index is 13.8. The minimum atomic E-state index is -3.81. The molecule has 1 fully saturated rings. The number of aliphatic hydroxyl groups excluding tert-OH is 1. The van der Waals surface area contributed by atoms with Gasteiger partial charge in [-0.2, -0.15) is 0 Å². The van der Waals surface area contributed by atoms with Gasteiger partial charge < -0.3 is 19.1 Å². The van der Waals surface area contributed by atoms with E-state index in [2.05, 4.69) is 10.1 Å². The number of alkyl halides is 1. The number of aromatic nitrogens is 2. The molecule has 0 amide bonds. The lowest BCUT2D eigenvalue weighted by molar-refractivity contribution is -0.149. The molecule has 1 aromatic heterocycles. The van der Waals surface area contributed by atoms with Crippen molar-refractivity contribution in [3.8, 4) is 0 Å². The van der Waals surface area contributed by atoms with Gasteiger partial charge in [0.25, 0.3) is 5.56 Å². The van der Waals surface area contributed by atoms with E-state index in [0.717, 1.165) is 22.0 Å². The molecule has 36 heavy (non-hydrogen) atoms. The van der Waals surface area contributed by atoms with Crippen LogP contribution < -0.4 is 16.3 Å². The number of ether oxygens (including phenoxy) is 2. The molecule has 0 radical (unpaired) electrons. The molecule has 3 N–H and O–H groups in total. The van der Waals surface area contributed by atoms with Crippen molar-refractivity contribution in [1.82, 2.24) is 14.6 Å².